The molecule has 17 heavy (non-hydrogen) atoms. The van der Waals surface area contributed by atoms with E-state index >= 15 is 0 Å². The van der Waals surface area contributed by atoms with Crippen LogP contribution in [0.3, 0.4) is 0 Å². The first-order valence-corrected chi connectivity index (χ1v) is 4.95. The lowest BCUT2D eigenvalue weighted by Gasteiger charge is -2.21. The number of halogens is 3. The van der Waals surface area contributed by atoms with Crippen molar-refractivity contribution in [1.82, 2.24) is 10.3 Å². The fraction of sp³-hybridized carbons (Fsp3) is 0.455. The summed E-state index contributed by atoms with van der Waals surface area (Å²) in [6.45, 7) is 5.07. The smallest absolute Gasteiger partial charge is 0.347 e. The van der Waals surface area contributed by atoms with Crippen LogP contribution in [-0.2, 0) is 6.18 Å². The minimum absolute atomic E-state index is 0.463. The van der Waals surface area contributed by atoms with Crippen LogP contribution in [0.1, 0.15) is 36.7 Å². The van der Waals surface area contributed by atoms with Crippen molar-refractivity contribution in [1.29, 1.82) is 0 Å². The maximum atomic E-state index is 12.6. The minimum Gasteiger partial charge on any atom is -0.347 e. The molecule has 1 heterocycles. The average Bonchev–Trinajstić information content (AvgIpc) is 2.13. The Morgan fingerprint density at radius 3 is 2.35 bits per heavy atom. The van der Waals surface area contributed by atoms with E-state index in [1.165, 1.54) is 0 Å². The van der Waals surface area contributed by atoms with Gasteiger partial charge in [-0.3, -0.25) is 9.78 Å². The topological polar surface area (TPSA) is 42.0 Å². The van der Waals surface area contributed by atoms with Crippen molar-refractivity contribution >= 4 is 5.91 Å². The summed E-state index contributed by atoms with van der Waals surface area (Å²) in [4.78, 5) is 15.2. The van der Waals surface area contributed by atoms with Gasteiger partial charge in [-0.2, -0.15) is 13.2 Å². The third kappa shape index (κ3) is 3.72. The Morgan fingerprint density at radius 2 is 1.88 bits per heavy atom. The molecule has 0 bridgehead atoms. The Bertz CT molecular complexity index is 421. The van der Waals surface area contributed by atoms with Crippen molar-refractivity contribution in [3.8, 4) is 0 Å². The first-order chi connectivity index (χ1) is 7.61. The number of hydrogen-bond donors (Lipinski definition) is 1. The summed E-state index contributed by atoms with van der Waals surface area (Å²) in [7, 11) is 0. The van der Waals surface area contributed by atoms with Crippen molar-refractivity contribution in [2.24, 2.45) is 0 Å². The summed E-state index contributed by atoms with van der Waals surface area (Å²) in [5.74, 6) is -0.780. The number of rotatable bonds is 1. The molecule has 0 saturated heterocycles. The number of hydrogen-bond acceptors (Lipinski definition) is 2. The van der Waals surface area contributed by atoms with Gasteiger partial charge in [-0.25, -0.2) is 0 Å². The number of aromatic nitrogens is 1. The van der Waals surface area contributed by atoms with Gasteiger partial charge >= 0.3 is 6.18 Å². The van der Waals surface area contributed by atoms with Crippen LogP contribution >= 0.6 is 0 Å². The molecule has 1 amide bonds. The molecule has 0 fully saturated rings. The zero-order valence-electron chi connectivity index (χ0n) is 9.72. The molecule has 6 heteroatoms. The molecule has 0 aromatic carbocycles. The molecule has 94 valence electrons. The Hall–Kier alpha value is -1.59. The molecule has 1 aromatic heterocycles. The summed E-state index contributed by atoms with van der Waals surface area (Å²) in [5, 5.41) is 2.47. The van der Waals surface area contributed by atoms with E-state index in [1.54, 1.807) is 20.8 Å². The minimum atomic E-state index is -4.56. The molecule has 0 aliphatic heterocycles. The maximum absolute atomic E-state index is 12.6. The summed E-state index contributed by atoms with van der Waals surface area (Å²) in [5.41, 5.74) is -2.04. The van der Waals surface area contributed by atoms with Crippen LogP contribution in [0.15, 0.2) is 18.5 Å². The lowest BCUT2D eigenvalue weighted by molar-refractivity contribution is -0.138. The van der Waals surface area contributed by atoms with E-state index in [2.05, 4.69) is 10.3 Å². The van der Waals surface area contributed by atoms with E-state index in [4.69, 9.17) is 0 Å². The van der Waals surface area contributed by atoms with E-state index in [0.717, 1.165) is 18.5 Å². The van der Waals surface area contributed by atoms with Crippen molar-refractivity contribution in [2.75, 3.05) is 0 Å². The largest absolute Gasteiger partial charge is 0.417 e. The van der Waals surface area contributed by atoms with Crippen molar-refractivity contribution in [2.45, 2.75) is 32.5 Å². The molecule has 0 unspecified atom stereocenters. The SMILES string of the molecule is CC(C)(C)NC(=O)c1cnccc1C(F)(F)F. The fourth-order valence-corrected chi connectivity index (χ4v) is 1.23. The summed E-state index contributed by atoms with van der Waals surface area (Å²) >= 11 is 0. The second-order valence-corrected chi connectivity index (χ2v) is 4.62. The van der Waals surface area contributed by atoms with Gasteiger partial charge in [0.15, 0.2) is 0 Å². The highest BCUT2D eigenvalue weighted by Crippen LogP contribution is 2.31. The van der Waals surface area contributed by atoms with Gasteiger partial charge in [0.05, 0.1) is 11.1 Å². The average molecular weight is 246 g/mol. The lowest BCUT2D eigenvalue weighted by Crippen LogP contribution is -2.41. The van der Waals surface area contributed by atoms with Crippen molar-refractivity contribution < 1.29 is 18.0 Å². The molecule has 0 aliphatic carbocycles. The van der Waals surface area contributed by atoms with Crippen LogP contribution in [0.4, 0.5) is 13.2 Å². The standard InChI is InChI=1S/C11H13F3N2O/c1-10(2,3)16-9(17)7-6-15-5-4-8(7)11(12,13)14/h4-6H,1-3H3,(H,16,17). The first-order valence-electron chi connectivity index (χ1n) is 4.95. The van der Waals surface area contributed by atoms with E-state index < -0.39 is 28.7 Å². The van der Waals surface area contributed by atoms with E-state index in [9.17, 15) is 18.0 Å². The third-order valence-electron chi connectivity index (χ3n) is 1.86. The fourth-order valence-electron chi connectivity index (χ4n) is 1.23. The lowest BCUT2D eigenvalue weighted by atomic mass is 10.1. The quantitative estimate of drug-likeness (QED) is 0.827. The second kappa shape index (κ2) is 4.35. The third-order valence-corrected chi connectivity index (χ3v) is 1.86. The first kappa shape index (κ1) is 13.5. The number of alkyl halides is 3. The van der Waals surface area contributed by atoms with Crippen LogP contribution < -0.4 is 5.32 Å². The number of nitrogens with one attached hydrogen (secondary N) is 1. The number of amides is 1. The predicted octanol–water partition coefficient (Wildman–Crippen LogP) is 2.63. The van der Waals surface area contributed by atoms with E-state index in [1.807, 2.05) is 0 Å². The van der Waals surface area contributed by atoms with Gasteiger partial charge in [-0.05, 0) is 26.8 Å². The van der Waals surface area contributed by atoms with Gasteiger partial charge < -0.3 is 5.32 Å². The number of carbonyl (C=O) groups is 1. The Kier molecular flexibility index (Phi) is 3.45. The Labute approximate surface area is 97.0 Å². The van der Waals surface area contributed by atoms with Crippen LogP contribution in [0.2, 0.25) is 0 Å². The molecule has 0 spiro atoms. The van der Waals surface area contributed by atoms with Crippen LogP contribution in [0, 0.1) is 0 Å². The van der Waals surface area contributed by atoms with Crippen molar-refractivity contribution in [3.05, 3.63) is 29.6 Å². The highest BCUT2D eigenvalue weighted by atomic mass is 19.4. The molecular formula is C11H13F3N2O. The summed E-state index contributed by atoms with van der Waals surface area (Å²) < 4.78 is 37.9. The zero-order chi connectivity index (χ0) is 13.3. The number of nitrogens with zero attached hydrogens (tertiary/aromatic N) is 1. The number of pyridine rings is 1. The Morgan fingerprint density at radius 1 is 1.29 bits per heavy atom. The van der Waals surface area contributed by atoms with Crippen LogP contribution in [-0.4, -0.2) is 16.4 Å². The molecule has 0 aliphatic rings. The normalized spacial score (nSPS) is 12.4. The number of carbonyl (C=O) groups excluding carboxylic acids is 1. The van der Waals surface area contributed by atoms with E-state index in [0.29, 0.717) is 0 Å². The van der Waals surface area contributed by atoms with Gasteiger partial charge in [-0.15, -0.1) is 0 Å². The van der Waals surface area contributed by atoms with Gasteiger partial charge in [-0.1, -0.05) is 0 Å². The van der Waals surface area contributed by atoms with Crippen LogP contribution in [0.5, 0.6) is 0 Å². The molecule has 3 nitrogen and oxygen atoms in total. The van der Waals surface area contributed by atoms with Gasteiger partial charge in [0.1, 0.15) is 0 Å². The summed E-state index contributed by atoms with van der Waals surface area (Å²) in [6, 6.07) is 0.789. The van der Waals surface area contributed by atoms with Crippen LogP contribution in [0.25, 0.3) is 0 Å². The zero-order valence-corrected chi connectivity index (χ0v) is 9.72. The summed E-state index contributed by atoms with van der Waals surface area (Å²) in [6.07, 6.45) is -2.63. The molecule has 0 radical (unpaired) electrons. The molecule has 0 atom stereocenters. The van der Waals surface area contributed by atoms with E-state index in [-0.39, 0.29) is 0 Å². The second-order valence-electron chi connectivity index (χ2n) is 4.62. The predicted molar refractivity (Wildman–Crippen MR) is 56.5 cm³/mol. The van der Waals surface area contributed by atoms with Gasteiger partial charge in [0.2, 0.25) is 0 Å². The molecule has 1 rings (SSSR count). The highest BCUT2D eigenvalue weighted by Gasteiger charge is 2.35. The molecule has 1 aromatic rings. The Balaban J connectivity index is 3.11. The van der Waals surface area contributed by atoms with Crippen molar-refractivity contribution in [3.63, 3.8) is 0 Å². The molecule has 0 saturated carbocycles. The van der Waals surface area contributed by atoms with Gasteiger partial charge in [0.25, 0.3) is 5.91 Å². The molecular weight excluding hydrogens is 233 g/mol. The highest BCUT2D eigenvalue weighted by molar-refractivity contribution is 5.95. The van der Waals surface area contributed by atoms with Gasteiger partial charge in [0, 0.05) is 17.9 Å². The molecule has 1 N–H and O–H groups in total. The monoisotopic (exact) mass is 246 g/mol. The maximum Gasteiger partial charge on any atom is 0.417 e.